The van der Waals surface area contributed by atoms with Crippen LogP contribution >= 0.6 is 15.9 Å². The van der Waals surface area contributed by atoms with E-state index in [-0.39, 0.29) is 5.69 Å². The van der Waals surface area contributed by atoms with Crippen LogP contribution in [-0.4, -0.2) is 10.9 Å². The van der Waals surface area contributed by atoms with Crippen molar-refractivity contribution in [3.63, 3.8) is 0 Å². The van der Waals surface area contributed by atoms with Crippen LogP contribution in [0.3, 0.4) is 0 Å². The lowest BCUT2D eigenvalue weighted by Gasteiger charge is -2.07. The maximum Gasteiger partial charge on any atom is 0.275 e. The fourth-order valence-electron chi connectivity index (χ4n) is 1.35. The van der Waals surface area contributed by atoms with E-state index in [0.717, 1.165) is 0 Å². The molecule has 1 amide bonds. The van der Waals surface area contributed by atoms with E-state index in [2.05, 4.69) is 26.2 Å². The second kappa shape index (κ2) is 5.40. The van der Waals surface area contributed by atoms with Crippen LogP contribution in [0.2, 0.25) is 0 Å². The molecule has 0 fully saturated rings. The van der Waals surface area contributed by atoms with Crippen LogP contribution in [0.4, 0.5) is 18.9 Å². The van der Waals surface area contributed by atoms with E-state index in [1.165, 1.54) is 6.20 Å². The van der Waals surface area contributed by atoms with Crippen LogP contribution in [0, 0.1) is 17.5 Å². The summed E-state index contributed by atoms with van der Waals surface area (Å²) in [4.78, 5) is 15.6. The first-order valence-electron chi connectivity index (χ1n) is 5.05. The lowest BCUT2D eigenvalue weighted by molar-refractivity contribution is 0.102. The summed E-state index contributed by atoms with van der Waals surface area (Å²) in [6.45, 7) is 0. The molecule has 3 nitrogen and oxygen atoms in total. The zero-order valence-electron chi connectivity index (χ0n) is 9.25. The molecule has 19 heavy (non-hydrogen) atoms. The average Bonchev–Trinajstić information content (AvgIpc) is 2.36. The molecule has 98 valence electrons. The Morgan fingerprint density at radius 2 is 1.84 bits per heavy atom. The van der Waals surface area contributed by atoms with E-state index in [9.17, 15) is 18.0 Å². The lowest BCUT2D eigenvalue weighted by Crippen LogP contribution is -2.15. The quantitative estimate of drug-likeness (QED) is 0.856. The Balaban J connectivity index is 2.30. The fraction of sp³-hybridized carbons (Fsp3) is 0. The van der Waals surface area contributed by atoms with Gasteiger partial charge in [-0.2, -0.15) is 0 Å². The predicted molar refractivity (Wildman–Crippen MR) is 66.2 cm³/mol. The van der Waals surface area contributed by atoms with E-state index >= 15 is 0 Å². The maximum atomic E-state index is 13.4. The number of carbonyl (C=O) groups is 1. The normalized spacial score (nSPS) is 10.3. The molecule has 0 spiro atoms. The Morgan fingerprint density at radius 3 is 2.53 bits per heavy atom. The molecule has 0 atom stereocenters. The van der Waals surface area contributed by atoms with Crippen molar-refractivity contribution in [2.24, 2.45) is 0 Å². The van der Waals surface area contributed by atoms with Gasteiger partial charge in [0.15, 0.2) is 11.6 Å². The Morgan fingerprint density at radius 1 is 1.16 bits per heavy atom. The van der Waals surface area contributed by atoms with Gasteiger partial charge in [-0.25, -0.2) is 18.2 Å². The summed E-state index contributed by atoms with van der Waals surface area (Å²) in [6.07, 6.45) is 1.38. The number of carbonyl (C=O) groups excluding carboxylic acids is 1. The zero-order chi connectivity index (χ0) is 14.0. The minimum atomic E-state index is -1.32. The first kappa shape index (κ1) is 13.5. The molecule has 1 aromatic carbocycles. The summed E-state index contributed by atoms with van der Waals surface area (Å²) >= 11 is 3.10. The van der Waals surface area contributed by atoms with E-state index in [1.807, 2.05) is 0 Å². The number of aromatic nitrogens is 1. The molecule has 0 unspecified atom stereocenters. The average molecular weight is 331 g/mol. The smallest absolute Gasteiger partial charge is 0.275 e. The minimum Gasteiger partial charge on any atom is -0.318 e. The van der Waals surface area contributed by atoms with Crippen LogP contribution in [0.1, 0.15) is 10.5 Å². The molecule has 7 heteroatoms. The summed E-state index contributed by atoms with van der Waals surface area (Å²) in [5.41, 5.74) is -0.451. The molecular formula is C12H6BrF3N2O. The van der Waals surface area contributed by atoms with Gasteiger partial charge in [-0.1, -0.05) is 0 Å². The molecule has 2 aromatic rings. The SMILES string of the molecule is O=C(Nc1cc(F)c(F)cc1F)c1ncccc1Br. The summed E-state index contributed by atoms with van der Waals surface area (Å²) in [5.74, 6) is -4.39. The Kier molecular flexibility index (Phi) is 3.84. The first-order chi connectivity index (χ1) is 8.99. The highest BCUT2D eigenvalue weighted by molar-refractivity contribution is 9.10. The second-order valence-corrected chi connectivity index (χ2v) is 4.39. The van der Waals surface area contributed by atoms with Gasteiger partial charge >= 0.3 is 0 Å². The molecular weight excluding hydrogens is 325 g/mol. The summed E-state index contributed by atoms with van der Waals surface area (Å²) < 4.78 is 39.5. The molecule has 0 aliphatic heterocycles. The van der Waals surface area contributed by atoms with Gasteiger partial charge in [0.2, 0.25) is 0 Å². The van der Waals surface area contributed by atoms with Gasteiger partial charge in [0.05, 0.1) is 5.69 Å². The number of hydrogen-bond donors (Lipinski definition) is 1. The number of benzene rings is 1. The van der Waals surface area contributed by atoms with Crippen molar-refractivity contribution >= 4 is 27.5 Å². The van der Waals surface area contributed by atoms with Gasteiger partial charge in [-0.3, -0.25) is 4.79 Å². The van der Waals surface area contributed by atoms with Gasteiger partial charge < -0.3 is 5.32 Å². The Bertz CT molecular complexity index is 649. The molecule has 0 saturated heterocycles. The largest absolute Gasteiger partial charge is 0.318 e. The summed E-state index contributed by atoms with van der Waals surface area (Å²) in [5, 5.41) is 2.12. The number of halogens is 4. The third-order valence-corrected chi connectivity index (χ3v) is 2.87. The molecule has 0 bridgehead atoms. The highest BCUT2D eigenvalue weighted by atomic mass is 79.9. The second-order valence-electron chi connectivity index (χ2n) is 3.53. The number of nitrogens with zero attached hydrogens (tertiary/aromatic N) is 1. The molecule has 0 saturated carbocycles. The predicted octanol–water partition coefficient (Wildman–Crippen LogP) is 3.51. The highest BCUT2D eigenvalue weighted by Crippen LogP contribution is 2.20. The van der Waals surface area contributed by atoms with Crippen molar-refractivity contribution in [1.82, 2.24) is 4.98 Å². The van der Waals surface area contributed by atoms with E-state index < -0.39 is 29.0 Å². The molecule has 0 radical (unpaired) electrons. The van der Waals surface area contributed by atoms with Crippen LogP contribution in [-0.2, 0) is 0 Å². The number of amides is 1. The van der Waals surface area contributed by atoms with Crippen molar-refractivity contribution in [2.45, 2.75) is 0 Å². The van der Waals surface area contributed by atoms with Crippen LogP contribution in [0.5, 0.6) is 0 Å². The topological polar surface area (TPSA) is 42.0 Å². The van der Waals surface area contributed by atoms with Gasteiger partial charge in [-0.05, 0) is 28.1 Å². The van der Waals surface area contributed by atoms with Crippen molar-refractivity contribution in [1.29, 1.82) is 0 Å². The molecule has 2 rings (SSSR count). The van der Waals surface area contributed by atoms with E-state index in [0.29, 0.717) is 16.6 Å². The lowest BCUT2D eigenvalue weighted by atomic mass is 10.2. The monoisotopic (exact) mass is 330 g/mol. The van der Waals surface area contributed by atoms with Crippen LogP contribution in [0.15, 0.2) is 34.9 Å². The third-order valence-electron chi connectivity index (χ3n) is 2.23. The van der Waals surface area contributed by atoms with Crippen LogP contribution in [0.25, 0.3) is 0 Å². The van der Waals surface area contributed by atoms with Crippen molar-refractivity contribution in [3.8, 4) is 0 Å². The number of hydrogen-bond acceptors (Lipinski definition) is 2. The zero-order valence-corrected chi connectivity index (χ0v) is 10.8. The first-order valence-corrected chi connectivity index (χ1v) is 5.84. The summed E-state index contributed by atoms with van der Waals surface area (Å²) in [7, 11) is 0. The fourth-order valence-corrected chi connectivity index (χ4v) is 1.79. The summed E-state index contributed by atoms with van der Waals surface area (Å²) in [6, 6.07) is 4.10. The molecule has 1 N–H and O–H groups in total. The molecule has 0 aliphatic carbocycles. The van der Waals surface area contributed by atoms with Crippen molar-refractivity contribution < 1.29 is 18.0 Å². The van der Waals surface area contributed by atoms with E-state index in [4.69, 9.17) is 0 Å². The van der Waals surface area contributed by atoms with E-state index in [1.54, 1.807) is 12.1 Å². The maximum absolute atomic E-state index is 13.4. The standard InChI is InChI=1S/C12H6BrF3N2O/c13-6-2-1-3-17-11(6)12(19)18-10-5-8(15)7(14)4-9(10)16/h1-5H,(H,18,19). The molecule has 0 aliphatic rings. The third kappa shape index (κ3) is 2.93. The number of rotatable bonds is 2. The number of nitrogens with one attached hydrogen (secondary N) is 1. The highest BCUT2D eigenvalue weighted by Gasteiger charge is 2.15. The van der Waals surface area contributed by atoms with Crippen molar-refractivity contribution in [2.75, 3.05) is 5.32 Å². The van der Waals surface area contributed by atoms with Crippen molar-refractivity contribution in [3.05, 3.63) is 58.1 Å². The molecule has 1 heterocycles. The van der Waals surface area contributed by atoms with Crippen LogP contribution < -0.4 is 5.32 Å². The van der Waals surface area contributed by atoms with Gasteiger partial charge in [0.25, 0.3) is 5.91 Å². The Labute approximate surface area is 114 Å². The van der Waals surface area contributed by atoms with Gasteiger partial charge in [0, 0.05) is 22.8 Å². The van der Waals surface area contributed by atoms with Gasteiger partial charge in [-0.15, -0.1) is 0 Å². The minimum absolute atomic E-state index is 0.00614. The molecule has 1 aromatic heterocycles. The number of pyridine rings is 1. The Hall–Kier alpha value is -1.89. The van der Waals surface area contributed by atoms with Gasteiger partial charge in [0.1, 0.15) is 11.5 Å². The number of anilines is 1.